The highest BCUT2D eigenvalue weighted by atomic mass is 16.5. The summed E-state index contributed by atoms with van der Waals surface area (Å²) in [6.45, 7) is 3.34. The lowest BCUT2D eigenvalue weighted by Crippen LogP contribution is -2.49. The smallest absolute Gasteiger partial charge is 0.256 e. The minimum atomic E-state index is -0.276. The number of rotatable bonds is 3. The number of likely N-dealkylation sites (tertiary alicyclic amines) is 1. The minimum absolute atomic E-state index is 0.0654. The van der Waals surface area contributed by atoms with Gasteiger partial charge in [0, 0.05) is 25.9 Å². The van der Waals surface area contributed by atoms with Gasteiger partial charge in [0.05, 0.1) is 18.3 Å². The van der Waals surface area contributed by atoms with Gasteiger partial charge in [-0.15, -0.1) is 0 Å². The van der Waals surface area contributed by atoms with Gasteiger partial charge in [-0.3, -0.25) is 4.79 Å². The lowest BCUT2D eigenvalue weighted by Gasteiger charge is -2.39. The number of amides is 1. The normalized spacial score (nSPS) is 22.6. The van der Waals surface area contributed by atoms with Crippen LogP contribution in [0, 0.1) is 0 Å². The Morgan fingerprint density at radius 1 is 1.40 bits per heavy atom. The van der Waals surface area contributed by atoms with Gasteiger partial charge in [0.2, 0.25) is 0 Å². The monoisotopic (exact) mass is 278 g/mol. The SMILES string of the molecule is COc1ccc(N)c(C(=O)N2CCCC(C)(OC)C2)c1. The molecule has 0 spiro atoms. The Labute approximate surface area is 119 Å². The Hall–Kier alpha value is -1.75. The van der Waals surface area contributed by atoms with Gasteiger partial charge in [-0.25, -0.2) is 0 Å². The van der Waals surface area contributed by atoms with E-state index in [1.807, 2.05) is 6.92 Å². The van der Waals surface area contributed by atoms with Crippen LogP contribution in [0.5, 0.6) is 5.75 Å². The van der Waals surface area contributed by atoms with Gasteiger partial charge in [-0.05, 0) is 38.0 Å². The van der Waals surface area contributed by atoms with E-state index in [4.69, 9.17) is 15.2 Å². The molecule has 2 rings (SSSR count). The van der Waals surface area contributed by atoms with Crippen molar-refractivity contribution in [1.82, 2.24) is 4.90 Å². The molecule has 20 heavy (non-hydrogen) atoms. The molecule has 1 saturated heterocycles. The second-order valence-corrected chi connectivity index (χ2v) is 5.44. The maximum atomic E-state index is 12.6. The molecule has 0 saturated carbocycles. The minimum Gasteiger partial charge on any atom is -0.497 e. The first-order valence-electron chi connectivity index (χ1n) is 6.77. The molecule has 5 heteroatoms. The third-order valence-corrected chi connectivity index (χ3v) is 3.93. The summed E-state index contributed by atoms with van der Waals surface area (Å²) in [5.41, 5.74) is 6.60. The van der Waals surface area contributed by atoms with Crippen molar-refractivity contribution >= 4 is 11.6 Å². The molecule has 1 aromatic rings. The highest BCUT2D eigenvalue weighted by molar-refractivity contribution is 5.99. The molecule has 5 nitrogen and oxygen atoms in total. The fourth-order valence-electron chi connectivity index (χ4n) is 2.56. The molecule has 0 aromatic heterocycles. The van der Waals surface area contributed by atoms with Crippen molar-refractivity contribution in [3.05, 3.63) is 23.8 Å². The first-order valence-corrected chi connectivity index (χ1v) is 6.77. The Morgan fingerprint density at radius 2 is 2.15 bits per heavy atom. The van der Waals surface area contributed by atoms with Crippen LogP contribution >= 0.6 is 0 Å². The molecule has 1 atom stereocenters. The summed E-state index contributed by atoms with van der Waals surface area (Å²) in [4.78, 5) is 14.4. The Kier molecular flexibility index (Phi) is 4.18. The van der Waals surface area contributed by atoms with Crippen molar-refractivity contribution in [1.29, 1.82) is 0 Å². The van der Waals surface area contributed by atoms with Crippen molar-refractivity contribution < 1.29 is 14.3 Å². The molecule has 1 heterocycles. The van der Waals surface area contributed by atoms with Crippen LogP contribution in [0.1, 0.15) is 30.1 Å². The fraction of sp³-hybridized carbons (Fsp3) is 0.533. The van der Waals surface area contributed by atoms with Crippen LogP contribution in [0.15, 0.2) is 18.2 Å². The number of methoxy groups -OCH3 is 2. The van der Waals surface area contributed by atoms with E-state index in [0.717, 1.165) is 19.4 Å². The van der Waals surface area contributed by atoms with Crippen molar-refractivity contribution in [2.75, 3.05) is 33.0 Å². The van der Waals surface area contributed by atoms with Gasteiger partial charge in [0.1, 0.15) is 5.75 Å². The number of benzene rings is 1. The average molecular weight is 278 g/mol. The number of nitrogens with zero attached hydrogens (tertiary/aromatic N) is 1. The molecule has 1 amide bonds. The first kappa shape index (κ1) is 14.7. The lowest BCUT2D eigenvalue weighted by atomic mass is 9.94. The second-order valence-electron chi connectivity index (χ2n) is 5.44. The quantitative estimate of drug-likeness (QED) is 0.858. The second kappa shape index (κ2) is 5.71. The van der Waals surface area contributed by atoms with E-state index in [0.29, 0.717) is 23.5 Å². The number of hydrogen-bond acceptors (Lipinski definition) is 4. The third-order valence-electron chi connectivity index (χ3n) is 3.93. The predicted octanol–water partition coefficient (Wildman–Crippen LogP) is 1.92. The molecule has 1 aliphatic rings. The summed E-state index contributed by atoms with van der Waals surface area (Å²) in [6.07, 6.45) is 1.89. The van der Waals surface area contributed by atoms with Crippen molar-refractivity contribution in [3.63, 3.8) is 0 Å². The van der Waals surface area contributed by atoms with Gasteiger partial charge in [-0.2, -0.15) is 0 Å². The molecule has 1 aromatic carbocycles. The van der Waals surface area contributed by atoms with Crippen LogP contribution in [0.4, 0.5) is 5.69 Å². The number of nitrogen functional groups attached to an aromatic ring is 1. The van der Waals surface area contributed by atoms with Crippen molar-refractivity contribution in [3.8, 4) is 5.75 Å². The van der Waals surface area contributed by atoms with Crippen LogP contribution in [0.25, 0.3) is 0 Å². The van der Waals surface area contributed by atoms with Gasteiger partial charge in [-0.1, -0.05) is 0 Å². The Morgan fingerprint density at radius 3 is 2.80 bits per heavy atom. The summed E-state index contributed by atoms with van der Waals surface area (Å²) in [5, 5.41) is 0. The molecule has 1 unspecified atom stereocenters. The molecular formula is C15H22N2O3. The van der Waals surface area contributed by atoms with Crippen LogP contribution in [0.3, 0.4) is 0 Å². The zero-order chi connectivity index (χ0) is 14.8. The van der Waals surface area contributed by atoms with E-state index >= 15 is 0 Å². The van der Waals surface area contributed by atoms with Gasteiger partial charge in [0.15, 0.2) is 0 Å². The molecule has 110 valence electrons. The number of ether oxygens (including phenoxy) is 2. The maximum Gasteiger partial charge on any atom is 0.256 e. The first-order chi connectivity index (χ1) is 9.49. The Balaban J connectivity index is 2.23. The van der Waals surface area contributed by atoms with E-state index in [-0.39, 0.29) is 11.5 Å². The third kappa shape index (κ3) is 2.88. The topological polar surface area (TPSA) is 64.8 Å². The largest absolute Gasteiger partial charge is 0.497 e. The molecule has 0 aliphatic carbocycles. The number of carbonyl (C=O) groups excluding carboxylic acids is 1. The number of hydrogen-bond donors (Lipinski definition) is 1. The molecule has 2 N–H and O–H groups in total. The van der Waals surface area contributed by atoms with Gasteiger partial charge >= 0.3 is 0 Å². The van der Waals surface area contributed by atoms with Crippen molar-refractivity contribution in [2.24, 2.45) is 0 Å². The highest BCUT2D eigenvalue weighted by Gasteiger charge is 2.33. The van der Waals surface area contributed by atoms with E-state index in [2.05, 4.69) is 0 Å². The molecule has 1 aliphatic heterocycles. The Bertz CT molecular complexity index is 504. The molecule has 1 fully saturated rings. The van der Waals surface area contributed by atoms with Gasteiger partial charge < -0.3 is 20.1 Å². The number of piperidine rings is 1. The van der Waals surface area contributed by atoms with Crippen LogP contribution in [-0.2, 0) is 4.74 Å². The van der Waals surface area contributed by atoms with Crippen LogP contribution in [0.2, 0.25) is 0 Å². The number of nitrogens with two attached hydrogens (primary N) is 1. The fourth-order valence-corrected chi connectivity index (χ4v) is 2.56. The van der Waals surface area contributed by atoms with E-state index in [9.17, 15) is 4.79 Å². The van der Waals surface area contributed by atoms with Crippen LogP contribution in [-0.4, -0.2) is 43.7 Å². The number of anilines is 1. The van der Waals surface area contributed by atoms with E-state index in [1.54, 1.807) is 37.3 Å². The zero-order valence-electron chi connectivity index (χ0n) is 12.3. The van der Waals surface area contributed by atoms with Crippen molar-refractivity contribution in [2.45, 2.75) is 25.4 Å². The standard InChI is InChI=1S/C15H22N2O3/c1-15(20-3)7-4-8-17(10-15)14(18)12-9-11(19-2)5-6-13(12)16/h5-6,9H,4,7-8,10,16H2,1-3H3. The summed E-state index contributed by atoms with van der Waals surface area (Å²) < 4.78 is 10.7. The van der Waals surface area contributed by atoms with E-state index < -0.39 is 0 Å². The zero-order valence-corrected chi connectivity index (χ0v) is 12.3. The molecule has 0 bridgehead atoms. The van der Waals surface area contributed by atoms with Crippen LogP contribution < -0.4 is 10.5 Å². The summed E-state index contributed by atoms with van der Waals surface area (Å²) in [7, 11) is 3.26. The number of carbonyl (C=O) groups is 1. The summed E-state index contributed by atoms with van der Waals surface area (Å²) in [6, 6.07) is 5.14. The lowest BCUT2D eigenvalue weighted by molar-refractivity contribution is -0.0439. The summed E-state index contributed by atoms with van der Waals surface area (Å²) in [5.74, 6) is 0.568. The maximum absolute atomic E-state index is 12.6. The molecule has 0 radical (unpaired) electrons. The van der Waals surface area contributed by atoms with E-state index in [1.165, 1.54) is 0 Å². The summed E-state index contributed by atoms with van der Waals surface area (Å²) >= 11 is 0. The average Bonchev–Trinajstić information content (AvgIpc) is 2.47. The predicted molar refractivity (Wildman–Crippen MR) is 78.0 cm³/mol. The highest BCUT2D eigenvalue weighted by Crippen LogP contribution is 2.27. The molecular weight excluding hydrogens is 256 g/mol. The van der Waals surface area contributed by atoms with Gasteiger partial charge in [0.25, 0.3) is 5.91 Å².